The molecule has 3 aromatic rings. The molecule has 27 heavy (non-hydrogen) atoms. The summed E-state index contributed by atoms with van der Waals surface area (Å²) < 4.78 is 1.96. The van der Waals surface area contributed by atoms with Gasteiger partial charge >= 0.3 is 0 Å². The highest BCUT2D eigenvalue weighted by Gasteiger charge is 2.25. The zero-order chi connectivity index (χ0) is 19.0. The third kappa shape index (κ3) is 3.37. The van der Waals surface area contributed by atoms with Crippen molar-refractivity contribution in [2.24, 2.45) is 0 Å². The molecule has 6 heteroatoms. The molecule has 1 aliphatic heterocycles. The average molecular weight is 378 g/mol. The number of rotatable bonds is 3. The fraction of sp³-hybridized carbons (Fsp3) is 0.0476. The first-order valence-corrected chi connectivity index (χ1v) is 8.77. The first kappa shape index (κ1) is 17.1. The summed E-state index contributed by atoms with van der Waals surface area (Å²) in [6, 6.07) is 16.7. The number of hydrogen-bond donors (Lipinski definition) is 2. The van der Waals surface area contributed by atoms with Crippen molar-refractivity contribution in [1.29, 1.82) is 0 Å². The number of halogens is 1. The maximum Gasteiger partial charge on any atom is 0.256 e. The molecule has 0 radical (unpaired) electrons. The topological polar surface area (TPSA) is 63.1 Å². The molecule has 0 spiro atoms. The highest BCUT2D eigenvalue weighted by atomic mass is 35.5. The molecule has 0 aliphatic carbocycles. The van der Waals surface area contributed by atoms with Gasteiger partial charge in [-0.15, -0.1) is 0 Å². The number of anilines is 2. The number of aromatic nitrogens is 1. The van der Waals surface area contributed by atoms with Crippen LogP contribution in [0.3, 0.4) is 0 Å². The van der Waals surface area contributed by atoms with Gasteiger partial charge in [0.15, 0.2) is 0 Å². The van der Waals surface area contributed by atoms with E-state index in [1.807, 2.05) is 53.2 Å². The molecule has 0 unspecified atom stereocenters. The van der Waals surface area contributed by atoms with Gasteiger partial charge in [-0.2, -0.15) is 0 Å². The Labute approximate surface area is 161 Å². The number of nitrogens with one attached hydrogen (secondary N) is 2. The lowest BCUT2D eigenvalue weighted by Gasteiger charge is -2.08. The van der Waals surface area contributed by atoms with Gasteiger partial charge in [0.05, 0.1) is 5.57 Å². The molecular weight excluding hydrogens is 362 g/mol. The molecule has 4 rings (SSSR count). The van der Waals surface area contributed by atoms with Crippen LogP contribution in [0, 0.1) is 0 Å². The smallest absolute Gasteiger partial charge is 0.256 e. The second kappa shape index (κ2) is 6.78. The highest BCUT2D eigenvalue weighted by Crippen LogP contribution is 2.35. The standard InChI is InChI=1S/C21H16ClN3O2/c1-13(26)23-15-7-8-20-18(11-15)19(21(27)24-20)12-17-6-3-9-25(17)16-5-2-4-14(22)10-16/h2-12H,1H3,(H,23,26)(H,24,27)/b19-12-. The molecule has 0 saturated heterocycles. The number of benzene rings is 2. The zero-order valence-electron chi connectivity index (χ0n) is 14.5. The SMILES string of the molecule is CC(=O)Nc1ccc2c(c1)/C(=C/c1cccn1-c1cccc(Cl)c1)C(=O)N2. The molecule has 2 amide bonds. The summed E-state index contributed by atoms with van der Waals surface area (Å²) in [5.74, 6) is -0.337. The second-order valence-corrected chi connectivity index (χ2v) is 6.67. The van der Waals surface area contributed by atoms with Gasteiger partial charge in [-0.25, -0.2) is 0 Å². The molecule has 0 saturated carbocycles. The van der Waals surface area contributed by atoms with Crippen molar-refractivity contribution >= 4 is 46.4 Å². The van der Waals surface area contributed by atoms with Crippen molar-refractivity contribution in [3.8, 4) is 5.69 Å². The minimum absolute atomic E-state index is 0.160. The molecule has 2 heterocycles. The number of carbonyl (C=O) groups is 2. The van der Waals surface area contributed by atoms with Crippen LogP contribution in [0.4, 0.5) is 11.4 Å². The summed E-state index contributed by atoms with van der Waals surface area (Å²) in [5, 5.41) is 6.25. The van der Waals surface area contributed by atoms with E-state index in [1.165, 1.54) is 6.92 Å². The van der Waals surface area contributed by atoms with Crippen molar-refractivity contribution < 1.29 is 9.59 Å². The number of fused-ring (bicyclic) bond motifs is 1. The fourth-order valence-electron chi connectivity index (χ4n) is 3.13. The molecule has 2 aromatic carbocycles. The van der Waals surface area contributed by atoms with Crippen LogP contribution in [0.1, 0.15) is 18.2 Å². The predicted molar refractivity (Wildman–Crippen MR) is 108 cm³/mol. The Morgan fingerprint density at radius 3 is 2.78 bits per heavy atom. The van der Waals surface area contributed by atoms with Crippen LogP contribution in [0.25, 0.3) is 17.3 Å². The lowest BCUT2D eigenvalue weighted by Crippen LogP contribution is -2.05. The number of carbonyl (C=O) groups excluding carboxylic acids is 2. The molecule has 0 bridgehead atoms. The van der Waals surface area contributed by atoms with E-state index in [1.54, 1.807) is 18.2 Å². The van der Waals surface area contributed by atoms with Crippen LogP contribution in [0.2, 0.25) is 5.02 Å². The Morgan fingerprint density at radius 2 is 2.00 bits per heavy atom. The average Bonchev–Trinajstić information content (AvgIpc) is 3.20. The molecule has 134 valence electrons. The summed E-state index contributed by atoms with van der Waals surface area (Å²) in [7, 11) is 0. The van der Waals surface area contributed by atoms with Gasteiger partial charge in [-0.3, -0.25) is 9.59 Å². The summed E-state index contributed by atoms with van der Waals surface area (Å²) in [5.41, 5.74) is 4.42. The predicted octanol–water partition coefficient (Wildman–Crippen LogP) is 4.58. The second-order valence-electron chi connectivity index (χ2n) is 6.24. The minimum atomic E-state index is -0.177. The Balaban J connectivity index is 1.78. The van der Waals surface area contributed by atoms with Gasteiger partial charge in [0.25, 0.3) is 5.91 Å². The van der Waals surface area contributed by atoms with Gasteiger partial charge in [0.1, 0.15) is 0 Å². The van der Waals surface area contributed by atoms with E-state index in [4.69, 9.17) is 11.6 Å². The summed E-state index contributed by atoms with van der Waals surface area (Å²) >= 11 is 6.11. The van der Waals surface area contributed by atoms with E-state index in [2.05, 4.69) is 10.6 Å². The molecule has 0 fully saturated rings. The van der Waals surface area contributed by atoms with Crippen LogP contribution < -0.4 is 10.6 Å². The van der Waals surface area contributed by atoms with Crippen molar-refractivity contribution in [2.75, 3.05) is 10.6 Å². The maximum absolute atomic E-state index is 12.5. The molecule has 1 aliphatic rings. The number of amides is 2. The fourth-order valence-corrected chi connectivity index (χ4v) is 3.32. The van der Waals surface area contributed by atoms with E-state index in [0.29, 0.717) is 16.3 Å². The largest absolute Gasteiger partial charge is 0.326 e. The van der Waals surface area contributed by atoms with Crippen molar-refractivity contribution in [2.45, 2.75) is 6.92 Å². The highest BCUT2D eigenvalue weighted by molar-refractivity contribution is 6.35. The van der Waals surface area contributed by atoms with Gasteiger partial charge in [-0.1, -0.05) is 17.7 Å². The molecule has 1 aromatic heterocycles. The number of hydrogen-bond acceptors (Lipinski definition) is 2. The normalized spacial score (nSPS) is 14.1. The first-order chi connectivity index (χ1) is 13.0. The van der Waals surface area contributed by atoms with Crippen molar-refractivity contribution in [3.05, 3.63) is 77.1 Å². The van der Waals surface area contributed by atoms with Gasteiger partial charge in [-0.05, 0) is 54.6 Å². The van der Waals surface area contributed by atoms with E-state index >= 15 is 0 Å². The van der Waals surface area contributed by atoms with Gasteiger partial charge in [0.2, 0.25) is 5.91 Å². The minimum Gasteiger partial charge on any atom is -0.326 e. The van der Waals surface area contributed by atoms with Crippen LogP contribution >= 0.6 is 11.6 Å². The summed E-state index contributed by atoms with van der Waals surface area (Å²) in [6.07, 6.45) is 3.75. The Hall–Kier alpha value is -3.31. The molecule has 0 atom stereocenters. The number of nitrogens with zero attached hydrogens (tertiary/aromatic N) is 1. The Morgan fingerprint density at radius 1 is 1.15 bits per heavy atom. The summed E-state index contributed by atoms with van der Waals surface area (Å²) in [4.78, 5) is 23.8. The first-order valence-electron chi connectivity index (χ1n) is 8.39. The van der Waals surface area contributed by atoms with Crippen LogP contribution in [-0.4, -0.2) is 16.4 Å². The van der Waals surface area contributed by atoms with E-state index in [-0.39, 0.29) is 11.8 Å². The van der Waals surface area contributed by atoms with Crippen LogP contribution in [-0.2, 0) is 9.59 Å². The Kier molecular flexibility index (Phi) is 4.30. The van der Waals surface area contributed by atoms with E-state index < -0.39 is 0 Å². The monoisotopic (exact) mass is 377 g/mol. The molecule has 2 N–H and O–H groups in total. The van der Waals surface area contributed by atoms with Crippen molar-refractivity contribution in [1.82, 2.24) is 4.57 Å². The quantitative estimate of drug-likeness (QED) is 0.656. The van der Waals surface area contributed by atoms with Crippen LogP contribution in [0.5, 0.6) is 0 Å². The third-order valence-corrected chi connectivity index (χ3v) is 4.52. The van der Waals surface area contributed by atoms with Gasteiger partial charge < -0.3 is 15.2 Å². The zero-order valence-corrected chi connectivity index (χ0v) is 15.2. The third-order valence-electron chi connectivity index (χ3n) is 4.28. The molecular formula is C21H16ClN3O2. The van der Waals surface area contributed by atoms with Crippen LogP contribution in [0.15, 0.2) is 60.8 Å². The lowest BCUT2D eigenvalue weighted by atomic mass is 10.0. The molecule has 5 nitrogen and oxygen atoms in total. The van der Waals surface area contributed by atoms with E-state index in [9.17, 15) is 9.59 Å². The lowest BCUT2D eigenvalue weighted by molar-refractivity contribution is -0.114. The maximum atomic E-state index is 12.5. The Bertz CT molecular complexity index is 1100. The van der Waals surface area contributed by atoms with Gasteiger partial charge in [0, 0.05) is 46.5 Å². The van der Waals surface area contributed by atoms with Crippen molar-refractivity contribution in [3.63, 3.8) is 0 Å². The van der Waals surface area contributed by atoms with E-state index in [0.717, 1.165) is 22.6 Å². The summed E-state index contributed by atoms with van der Waals surface area (Å²) in [6.45, 7) is 1.45.